The number of pyridine rings is 1. The molecule has 0 radical (unpaired) electrons. The summed E-state index contributed by atoms with van der Waals surface area (Å²) in [7, 11) is -2.88. The zero-order valence-corrected chi connectivity index (χ0v) is 23.2. The van der Waals surface area contributed by atoms with Gasteiger partial charge in [0.2, 0.25) is 15.7 Å². The summed E-state index contributed by atoms with van der Waals surface area (Å²) in [5.41, 5.74) is 2.27. The molecule has 0 spiro atoms. The van der Waals surface area contributed by atoms with Gasteiger partial charge in [-0.05, 0) is 42.7 Å². The maximum Gasteiger partial charge on any atom is 0.296 e. The third kappa shape index (κ3) is 5.94. The summed E-state index contributed by atoms with van der Waals surface area (Å²) in [4.78, 5) is 20.8. The topological polar surface area (TPSA) is 111 Å². The lowest BCUT2D eigenvalue weighted by atomic mass is 10.1. The molecule has 0 amide bonds. The lowest BCUT2D eigenvalue weighted by Crippen LogP contribution is -2.29. The molecule has 4 aromatic rings. The molecule has 2 aromatic heterocycles. The second-order valence-corrected chi connectivity index (χ2v) is 11.2. The summed E-state index contributed by atoms with van der Waals surface area (Å²) in [6.07, 6.45) is 4.69. The highest BCUT2D eigenvalue weighted by Gasteiger charge is 2.32. The van der Waals surface area contributed by atoms with E-state index in [0.717, 1.165) is 41.6 Å². The van der Waals surface area contributed by atoms with Crippen molar-refractivity contribution in [3.63, 3.8) is 0 Å². The van der Waals surface area contributed by atoms with Crippen LogP contribution in [0.4, 0.5) is 0 Å². The average molecular weight is 548 g/mol. The van der Waals surface area contributed by atoms with Crippen molar-refractivity contribution >= 4 is 9.84 Å². The van der Waals surface area contributed by atoms with Gasteiger partial charge in [0.25, 0.3) is 5.56 Å². The zero-order valence-electron chi connectivity index (χ0n) is 22.4. The first-order chi connectivity index (χ1) is 18.8. The minimum absolute atomic E-state index is 0.115. The minimum atomic E-state index is -4.41. The van der Waals surface area contributed by atoms with Gasteiger partial charge in [-0.15, -0.1) is 0 Å². The third-order valence-corrected chi connectivity index (χ3v) is 8.50. The van der Waals surface area contributed by atoms with Gasteiger partial charge in [-0.1, -0.05) is 68.3 Å². The van der Waals surface area contributed by atoms with Gasteiger partial charge < -0.3 is 9.84 Å². The van der Waals surface area contributed by atoms with Crippen molar-refractivity contribution < 1.29 is 18.3 Å². The summed E-state index contributed by atoms with van der Waals surface area (Å²) in [6.45, 7) is 4.07. The second-order valence-electron chi connectivity index (χ2n) is 9.36. The summed E-state index contributed by atoms with van der Waals surface area (Å²) in [6, 6.07) is 18.6. The van der Waals surface area contributed by atoms with Gasteiger partial charge in [-0.25, -0.2) is 8.42 Å². The molecule has 0 fully saturated rings. The molecule has 0 aliphatic rings. The van der Waals surface area contributed by atoms with Crippen molar-refractivity contribution in [3.8, 4) is 17.0 Å². The van der Waals surface area contributed by atoms with E-state index in [9.17, 15) is 18.3 Å². The number of sulfone groups is 1. The molecule has 39 heavy (non-hydrogen) atoms. The Balaban J connectivity index is 1.86. The van der Waals surface area contributed by atoms with E-state index in [1.807, 2.05) is 49.4 Å². The average Bonchev–Trinajstić information content (AvgIpc) is 2.93. The van der Waals surface area contributed by atoms with Crippen LogP contribution < -0.4 is 5.56 Å². The standard InChI is InChI=1S/C30H33N3O5S/c1-4-5-7-14-27-32-29(34)28(30(35)33(27)26(20-38-3)23-11-8-6-9-12-23)39(36,37)24-17-15-22(16-18-24)25-13-10-19-31-21(25)2/h6,8-13,15-19,26,35H,4-5,7,14,20H2,1-3H3. The number of unbranched alkanes of at least 4 members (excludes halogenated alkanes) is 2. The smallest absolute Gasteiger partial charge is 0.296 e. The highest BCUT2D eigenvalue weighted by molar-refractivity contribution is 7.91. The Morgan fingerprint density at radius 2 is 1.72 bits per heavy atom. The predicted molar refractivity (Wildman–Crippen MR) is 150 cm³/mol. The Morgan fingerprint density at radius 3 is 2.36 bits per heavy atom. The van der Waals surface area contributed by atoms with Gasteiger partial charge >= 0.3 is 0 Å². The molecule has 204 valence electrons. The number of methoxy groups -OCH3 is 1. The van der Waals surface area contributed by atoms with Crippen LogP contribution in [0.25, 0.3) is 11.1 Å². The molecule has 0 aliphatic carbocycles. The predicted octanol–water partition coefficient (Wildman–Crippen LogP) is 5.12. The van der Waals surface area contributed by atoms with Gasteiger partial charge in [0.05, 0.1) is 17.5 Å². The Labute approximate surface area is 228 Å². The van der Waals surface area contributed by atoms with Crippen LogP contribution in [-0.4, -0.2) is 41.8 Å². The highest BCUT2D eigenvalue weighted by atomic mass is 32.2. The Morgan fingerprint density at radius 1 is 1.00 bits per heavy atom. The first-order valence-electron chi connectivity index (χ1n) is 12.9. The number of ether oxygens (including phenoxy) is 1. The monoisotopic (exact) mass is 547 g/mol. The molecular formula is C30H33N3O5S. The maximum absolute atomic E-state index is 13.8. The Kier molecular flexibility index (Phi) is 8.93. The molecule has 0 saturated heterocycles. The number of benzene rings is 2. The van der Waals surface area contributed by atoms with Crippen LogP contribution in [0.1, 0.15) is 49.3 Å². The summed E-state index contributed by atoms with van der Waals surface area (Å²) in [5.74, 6) is -0.321. The van der Waals surface area contributed by atoms with E-state index in [1.165, 1.54) is 23.8 Å². The molecule has 1 unspecified atom stereocenters. The third-order valence-electron chi connectivity index (χ3n) is 6.71. The molecule has 8 nitrogen and oxygen atoms in total. The van der Waals surface area contributed by atoms with Crippen LogP contribution in [0.15, 0.2) is 87.5 Å². The van der Waals surface area contributed by atoms with Crippen molar-refractivity contribution in [2.45, 2.75) is 55.4 Å². The fraction of sp³-hybridized carbons (Fsp3) is 0.300. The van der Waals surface area contributed by atoms with Crippen molar-refractivity contribution in [1.82, 2.24) is 14.5 Å². The molecule has 1 atom stereocenters. The zero-order chi connectivity index (χ0) is 28.0. The molecule has 9 heteroatoms. The molecule has 2 heterocycles. The normalized spacial score (nSPS) is 12.4. The van der Waals surface area contributed by atoms with Crippen LogP contribution >= 0.6 is 0 Å². The Bertz CT molecular complexity index is 1580. The first-order valence-corrected chi connectivity index (χ1v) is 14.4. The van der Waals surface area contributed by atoms with Crippen LogP contribution in [0.5, 0.6) is 5.88 Å². The lowest BCUT2D eigenvalue weighted by Gasteiger charge is -2.25. The second kappa shape index (κ2) is 12.4. The van der Waals surface area contributed by atoms with E-state index < -0.39 is 32.2 Å². The fourth-order valence-electron chi connectivity index (χ4n) is 4.69. The van der Waals surface area contributed by atoms with E-state index >= 15 is 0 Å². The van der Waals surface area contributed by atoms with E-state index in [0.29, 0.717) is 12.2 Å². The largest absolute Gasteiger partial charge is 0.493 e. The molecule has 1 N–H and O–H groups in total. The van der Waals surface area contributed by atoms with Crippen LogP contribution in [0.3, 0.4) is 0 Å². The maximum atomic E-state index is 13.8. The van der Waals surface area contributed by atoms with E-state index in [2.05, 4.69) is 16.9 Å². The van der Waals surface area contributed by atoms with E-state index in [1.54, 1.807) is 18.3 Å². The molecule has 0 bridgehead atoms. The molecule has 0 aliphatic heterocycles. The summed E-state index contributed by atoms with van der Waals surface area (Å²) >= 11 is 0. The quantitative estimate of drug-likeness (QED) is 0.259. The highest BCUT2D eigenvalue weighted by Crippen LogP contribution is 2.33. The van der Waals surface area contributed by atoms with Crippen molar-refractivity contribution in [1.29, 1.82) is 0 Å². The number of aromatic nitrogens is 3. The summed E-state index contributed by atoms with van der Waals surface area (Å²) in [5, 5.41) is 11.5. The number of nitrogens with zero attached hydrogens (tertiary/aromatic N) is 3. The SMILES string of the molecule is CCCCCc1nc(=O)c(S(=O)(=O)c2ccc(-c3cccnc3C)cc2)c(O)n1C(COC)c1ccccc1. The molecule has 2 aromatic carbocycles. The van der Waals surface area contributed by atoms with Gasteiger partial charge in [0.1, 0.15) is 5.82 Å². The number of aromatic hydroxyl groups is 1. The van der Waals surface area contributed by atoms with Crippen LogP contribution in [0.2, 0.25) is 0 Å². The van der Waals surface area contributed by atoms with Gasteiger partial charge in [0, 0.05) is 31.0 Å². The minimum Gasteiger partial charge on any atom is -0.493 e. The van der Waals surface area contributed by atoms with Crippen LogP contribution in [0, 0.1) is 6.92 Å². The lowest BCUT2D eigenvalue weighted by molar-refractivity contribution is 0.161. The number of rotatable bonds is 11. The first kappa shape index (κ1) is 28.2. The van der Waals surface area contributed by atoms with Crippen molar-refractivity contribution in [2.24, 2.45) is 0 Å². The van der Waals surface area contributed by atoms with Gasteiger partial charge in [-0.2, -0.15) is 4.98 Å². The van der Waals surface area contributed by atoms with Gasteiger partial charge in [-0.3, -0.25) is 14.3 Å². The van der Waals surface area contributed by atoms with E-state index in [-0.39, 0.29) is 11.5 Å². The van der Waals surface area contributed by atoms with Crippen molar-refractivity contribution in [3.05, 3.63) is 100 Å². The Hall–Kier alpha value is -3.82. The number of hydrogen-bond acceptors (Lipinski definition) is 7. The summed E-state index contributed by atoms with van der Waals surface area (Å²) < 4.78 is 34.5. The molecule has 4 rings (SSSR count). The number of aryl methyl sites for hydroxylation is 2. The van der Waals surface area contributed by atoms with Crippen LogP contribution in [-0.2, 0) is 21.0 Å². The molecule has 0 saturated carbocycles. The fourth-order valence-corrected chi connectivity index (χ4v) is 6.04. The van der Waals surface area contributed by atoms with Crippen molar-refractivity contribution in [2.75, 3.05) is 13.7 Å². The number of hydrogen-bond donors (Lipinski definition) is 1. The van der Waals surface area contributed by atoms with Gasteiger partial charge in [0.15, 0.2) is 4.90 Å². The molecular weight excluding hydrogens is 514 g/mol. The van der Waals surface area contributed by atoms with E-state index in [4.69, 9.17) is 4.74 Å².